The number of ether oxygens (including phenoxy) is 2. The first-order chi connectivity index (χ1) is 12.0. The van der Waals surface area contributed by atoms with E-state index < -0.39 is 5.91 Å². The Morgan fingerprint density at radius 2 is 1.92 bits per heavy atom. The standard InChI is InChI=1S/C18H15BrN2O4/c1-24-14-5-3-13(4-6-14)21-18(23)12(10-20)7-11-8-15(19)17(22)16(9-11)25-2/h3-9,22H,1-2H3,(H,21,23)/b12-7+. The lowest BCUT2D eigenvalue weighted by atomic mass is 10.1. The minimum absolute atomic E-state index is 0.0548. The minimum atomic E-state index is -0.546. The number of phenols is 1. The lowest BCUT2D eigenvalue weighted by Gasteiger charge is -2.08. The number of hydrogen-bond donors (Lipinski definition) is 2. The minimum Gasteiger partial charge on any atom is -0.503 e. The van der Waals surface area contributed by atoms with E-state index in [-0.39, 0.29) is 17.1 Å². The van der Waals surface area contributed by atoms with Crippen molar-refractivity contribution in [2.75, 3.05) is 19.5 Å². The fraction of sp³-hybridized carbons (Fsp3) is 0.111. The zero-order valence-corrected chi connectivity index (χ0v) is 15.1. The van der Waals surface area contributed by atoms with Gasteiger partial charge in [0.25, 0.3) is 5.91 Å². The smallest absolute Gasteiger partial charge is 0.266 e. The molecule has 0 spiro atoms. The van der Waals surface area contributed by atoms with Crippen molar-refractivity contribution in [3.05, 3.63) is 52.0 Å². The molecule has 7 heteroatoms. The van der Waals surface area contributed by atoms with Gasteiger partial charge < -0.3 is 19.9 Å². The van der Waals surface area contributed by atoms with Gasteiger partial charge in [0, 0.05) is 5.69 Å². The highest BCUT2D eigenvalue weighted by atomic mass is 79.9. The molecule has 0 radical (unpaired) electrons. The van der Waals surface area contributed by atoms with Crippen LogP contribution in [0.3, 0.4) is 0 Å². The van der Waals surface area contributed by atoms with Crippen LogP contribution >= 0.6 is 15.9 Å². The Morgan fingerprint density at radius 3 is 2.48 bits per heavy atom. The van der Waals surface area contributed by atoms with Crippen LogP contribution in [-0.2, 0) is 4.79 Å². The van der Waals surface area contributed by atoms with E-state index in [1.165, 1.54) is 19.3 Å². The lowest BCUT2D eigenvalue weighted by Crippen LogP contribution is -2.13. The number of rotatable bonds is 5. The average molecular weight is 403 g/mol. The first-order valence-electron chi connectivity index (χ1n) is 7.12. The highest BCUT2D eigenvalue weighted by Crippen LogP contribution is 2.35. The second-order valence-electron chi connectivity index (χ2n) is 4.91. The first-order valence-corrected chi connectivity index (χ1v) is 7.91. The van der Waals surface area contributed by atoms with Crippen molar-refractivity contribution in [1.82, 2.24) is 0 Å². The van der Waals surface area contributed by atoms with E-state index in [9.17, 15) is 15.2 Å². The fourth-order valence-electron chi connectivity index (χ4n) is 2.02. The van der Waals surface area contributed by atoms with Crippen molar-refractivity contribution >= 4 is 33.6 Å². The van der Waals surface area contributed by atoms with Crippen LogP contribution in [0.5, 0.6) is 17.2 Å². The SMILES string of the molecule is COc1ccc(NC(=O)/C(C#N)=C/c2cc(Br)c(O)c(OC)c2)cc1. The Kier molecular flexibility index (Phi) is 6.03. The predicted octanol–water partition coefficient (Wildman–Crippen LogP) is 3.72. The summed E-state index contributed by atoms with van der Waals surface area (Å²) >= 11 is 3.20. The van der Waals surface area contributed by atoms with Crippen LogP contribution in [0, 0.1) is 11.3 Å². The summed E-state index contributed by atoms with van der Waals surface area (Å²) in [5.41, 5.74) is 0.981. The third-order valence-electron chi connectivity index (χ3n) is 3.29. The van der Waals surface area contributed by atoms with Gasteiger partial charge in [-0.15, -0.1) is 0 Å². The molecule has 0 heterocycles. The Labute approximate surface area is 153 Å². The molecule has 25 heavy (non-hydrogen) atoms. The van der Waals surface area contributed by atoms with Crippen molar-refractivity contribution < 1.29 is 19.4 Å². The van der Waals surface area contributed by atoms with Crippen LogP contribution in [-0.4, -0.2) is 25.2 Å². The molecule has 1 amide bonds. The number of carbonyl (C=O) groups is 1. The summed E-state index contributed by atoms with van der Waals surface area (Å²) in [6.45, 7) is 0. The number of methoxy groups -OCH3 is 2. The molecule has 0 aromatic heterocycles. The van der Waals surface area contributed by atoms with Crippen LogP contribution < -0.4 is 14.8 Å². The van der Waals surface area contributed by atoms with Gasteiger partial charge in [0.2, 0.25) is 0 Å². The van der Waals surface area contributed by atoms with Gasteiger partial charge in [-0.05, 0) is 64.0 Å². The molecule has 0 saturated carbocycles. The van der Waals surface area contributed by atoms with Crippen molar-refractivity contribution in [1.29, 1.82) is 5.26 Å². The highest BCUT2D eigenvalue weighted by Gasteiger charge is 2.12. The summed E-state index contributed by atoms with van der Waals surface area (Å²) in [4.78, 5) is 12.3. The predicted molar refractivity (Wildman–Crippen MR) is 97.6 cm³/mol. The topological polar surface area (TPSA) is 91.6 Å². The summed E-state index contributed by atoms with van der Waals surface area (Å²) in [7, 11) is 2.96. The number of nitrogens with zero attached hydrogens (tertiary/aromatic N) is 1. The van der Waals surface area contributed by atoms with E-state index in [4.69, 9.17) is 9.47 Å². The number of nitriles is 1. The summed E-state index contributed by atoms with van der Waals surface area (Å²) in [6, 6.07) is 11.7. The third kappa shape index (κ3) is 4.52. The number of amides is 1. The Bertz CT molecular complexity index is 855. The van der Waals surface area contributed by atoms with E-state index in [0.717, 1.165) is 0 Å². The maximum absolute atomic E-state index is 12.3. The molecule has 0 aliphatic carbocycles. The van der Waals surface area contributed by atoms with E-state index in [1.807, 2.05) is 6.07 Å². The molecule has 0 unspecified atom stereocenters. The van der Waals surface area contributed by atoms with Crippen LogP contribution in [0.2, 0.25) is 0 Å². The molecule has 2 N–H and O–H groups in total. The molecule has 2 aromatic rings. The molecule has 6 nitrogen and oxygen atoms in total. The van der Waals surface area contributed by atoms with E-state index in [0.29, 0.717) is 21.5 Å². The zero-order valence-electron chi connectivity index (χ0n) is 13.5. The molecule has 2 rings (SSSR count). The molecule has 0 aliphatic rings. The molecule has 0 atom stereocenters. The number of hydrogen-bond acceptors (Lipinski definition) is 5. The summed E-state index contributed by atoms with van der Waals surface area (Å²) in [6.07, 6.45) is 1.41. The number of benzene rings is 2. The molecule has 0 aliphatic heterocycles. The van der Waals surface area contributed by atoms with Gasteiger partial charge in [-0.1, -0.05) is 0 Å². The zero-order chi connectivity index (χ0) is 18.4. The van der Waals surface area contributed by atoms with Gasteiger partial charge >= 0.3 is 0 Å². The molecule has 128 valence electrons. The average Bonchev–Trinajstić information content (AvgIpc) is 2.62. The van der Waals surface area contributed by atoms with Gasteiger partial charge in [-0.3, -0.25) is 4.79 Å². The fourth-order valence-corrected chi connectivity index (χ4v) is 2.48. The molecule has 0 fully saturated rings. The van der Waals surface area contributed by atoms with Crippen molar-refractivity contribution in [3.8, 4) is 23.3 Å². The second kappa shape index (κ2) is 8.22. The monoisotopic (exact) mass is 402 g/mol. The second-order valence-corrected chi connectivity index (χ2v) is 5.76. The number of nitrogens with one attached hydrogen (secondary N) is 1. The number of aromatic hydroxyl groups is 1. The Hall–Kier alpha value is -2.98. The quantitative estimate of drug-likeness (QED) is 0.587. The molecule has 0 saturated heterocycles. The maximum atomic E-state index is 12.3. The van der Waals surface area contributed by atoms with Gasteiger partial charge in [0.05, 0.1) is 18.7 Å². The van der Waals surface area contributed by atoms with E-state index in [2.05, 4.69) is 21.2 Å². The third-order valence-corrected chi connectivity index (χ3v) is 3.90. The van der Waals surface area contributed by atoms with Crippen molar-refractivity contribution in [2.24, 2.45) is 0 Å². The van der Waals surface area contributed by atoms with E-state index in [1.54, 1.807) is 37.4 Å². The van der Waals surface area contributed by atoms with Crippen molar-refractivity contribution in [2.45, 2.75) is 0 Å². The number of phenolic OH excluding ortho intramolecular Hbond substituents is 1. The maximum Gasteiger partial charge on any atom is 0.266 e. The summed E-state index contributed by atoms with van der Waals surface area (Å²) < 4.78 is 10.5. The Balaban J connectivity index is 2.26. The van der Waals surface area contributed by atoms with Crippen LogP contribution in [0.4, 0.5) is 5.69 Å². The largest absolute Gasteiger partial charge is 0.503 e. The van der Waals surface area contributed by atoms with E-state index >= 15 is 0 Å². The summed E-state index contributed by atoms with van der Waals surface area (Å²) in [5, 5.41) is 21.7. The lowest BCUT2D eigenvalue weighted by molar-refractivity contribution is -0.112. The molecule has 0 bridgehead atoms. The van der Waals surface area contributed by atoms with Gasteiger partial charge in [0.1, 0.15) is 17.4 Å². The van der Waals surface area contributed by atoms with Crippen LogP contribution in [0.25, 0.3) is 6.08 Å². The molecule has 2 aromatic carbocycles. The molecular formula is C18H15BrN2O4. The van der Waals surface area contributed by atoms with Crippen LogP contribution in [0.15, 0.2) is 46.4 Å². The van der Waals surface area contributed by atoms with Crippen LogP contribution in [0.1, 0.15) is 5.56 Å². The summed E-state index contributed by atoms with van der Waals surface area (Å²) in [5.74, 6) is 0.292. The van der Waals surface area contributed by atoms with Crippen molar-refractivity contribution in [3.63, 3.8) is 0 Å². The number of halogens is 1. The first kappa shape index (κ1) is 18.4. The normalized spacial score (nSPS) is 10.7. The van der Waals surface area contributed by atoms with Gasteiger partial charge in [-0.2, -0.15) is 5.26 Å². The highest BCUT2D eigenvalue weighted by molar-refractivity contribution is 9.10. The number of carbonyl (C=O) groups excluding carboxylic acids is 1. The van der Waals surface area contributed by atoms with Gasteiger partial charge in [0.15, 0.2) is 11.5 Å². The van der Waals surface area contributed by atoms with Gasteiger partial charge in [-0.25, -0.2) is 0 Å². The Morgan fingerprint density at radius 1 is 1.24 bits per heavy atom. The molecular weight excluding hydrogens is 388 g/mol. The number of anilines is 1.